The number of rotatable bonds is 11. The molecule has 3 rings (SSSR count). The summed E-state index contributed by atoms with van der Waals surface area (Å²) >= 11 is 0. The fourth-order valence-electron chi connectivity index (χ4n) is 4.53. The van der Waals surface area contributed by atoms with Gasteiger partial charge in [0.25, 0.3) is 0 Å². The predicted molar refractivity (Wildman–Crippen MR) is 124 cm³/mol. The number of hydrogen-bond acceptors (Lipinski definition) is 5. The molecule has 1 heterocycles. The van der Waals surface area contributed by atoms with Crippen LogP contribution in [0.2, 0.25) is 0 Å². The van der Waals surface area contributed by atoms with E-state index in [2.05, 4.69) is 52.7 Å². The Labute approximate surface area is 186 Å². The minimum atomic E-state index is -0.0860. The highest BCUT2D eigenvalue weighted by Gasteiger charge is 2.32. The van der Waals surface area contributed by atoms with Gasteiger partial charge in [-0.3, -0.25) is 9.69 Å². The molecule has 1 aliphatic heterocycles. The van der Waals surface area contributed by atoms with Gasteiger partial charge in [-0.15, -0.1) is 0 Å². The zero-order valence-electron chi connectivity index (χ0n) is 18.9. The van der Waals surface area contributed by atoms with E-state index in [1.807, 2.05) is 19.1 Å². The Hall–Kier alpha value is -2.37. The third-order valence-electron chi connectivity index (χ3n) is 6.00. The van der Waals surface area contributed by atoms with Gasteiger partial charge in [0, 0.05) is 24.6 Å². The Morgan fingerprint density at radius 2 is 1.87 bits per heavy atom. The van der Waals surface area contributed by atoms with Crippen molar-refractivity contribution in [1.29, 1.82) is 0 Å². The third kappa shape index (κ3) is 6.81. The van der Waals surface area contributed by atoms with Crippen molar-refractivity contribution < 1.29 is 14.3 Å². The van der Waals surface area contributed by atoms with E-state index < -0.39 is 0 Å². The lowest BCUT2D eigenvalue weighted by molar-refractivity contribution is -0.143. The minimum absolute atomic E-state index is 0.0860. The van der Waals surface area contributed by atoms with Crippen molar-refractivity contribution in [3.8, 4) is 5.75 Å². The second-order valence-corrected chi connectivity index (χ2v) is 8.10. The molecule has 2 aromatic carbocycles. The van der Waals surface area contributed by atoms with Gasteiger partial charge in [-0.25, -0.2) is 0 Å². The molecule has 0 aliphatic carbocycles. The summed E-state index contributed by atoms with van der Waals surface area (Å²) in [6, 6.07) is 19.7. The van der Waals surface area contributed by atoms with Crippen LogP contribution in [0.3, 0.4) is 0 Å². The molecular formula is C26H36N2O3. The van der Waals surface area contributed by atoms with Crippen LogP contribution in [-0.2, 0) is 16.1 Å². The van der Waals surface area contributed by atoms with Gasteiger partial charge in [0.2, 0.25) is 0 Å². The number of nitrogens with one attached hydrogen (secondary N) is 1. The van der Waals surface area contributed by atoms with Crippen LogP contribution in [-0.4, -0.2) is 43.7 Å². The molecule has 0 radical (unpaired) electrons. The van der Waals surface area contributed by atoms with E-state index in [0.29, 0.717) is 25.1 Å². The molecule has 1 aliphatic rings. The first-order valence-electron chi connectivity index (χ1n) is 11.5. The van der Waals surface area contributed by atoms with Crippen molar-refractivity contribution in [2.24, 2.45) is 0 Å². The van der Waals surface area contributed by atoms with Crippen LogP contribution < -0.4 is 10.1 Å². The van der Waals surface area contributed by atoms with E-state index in [9.17, 15) is 4.79 Å². The van der Waals surface area contributed by atoms with Crippen LogP contribution >= 0.6 is 0 Å². The second-order valence-electron chi connectivity index (χ2n) is 8.10. The van der Waals surface area contributed by atoms with E-state index in [-0.39, 0.29) is 5.97 Å². The number of piperidine rings is 1. The third-order valence-corrected chi connectivity index (χ3v) is 6.00. The van der Waals surface area contributed by atoms with E-state index in [1.54, 1.807) is 7.11 Å². The van der Waals surface area contributed by atoms with E-state index in [4.69, 9.17) is 9.47 Å². The number of hydrogen-bond donors (Lipinski definition) is 1. The first kappa shape index (κ1) is 23.3. The Morgan fingerprint density at radius 3 is 2.65 bits per heavy atom. The number of para-hydroxylation sites is 1. The molecular weight excluding hydrogens is 388 g/mol. The largest absolute Gasteiger partial charge is 0.496 e. The number of esters is 1. The van der Waals surface area contributed by atoms with Crippen LogP contribution in [0.25, 0.3) is 0 Å². The lowest BCUT2D eigenvalue weighted by atomic mass is 9.89. The molecule has 0 bridgehead atoms. The molecule has 1 saturated heterocycles. The van der Waals surface area contributed by atoms with Gasteiger partial charge in [0.05, 0.1) is 19.8 Å². The smallest absolute Gasteiger partial charge is 0.305 e. The highest BCUT2D eigenvalue weighted by molar-refractivity contribution is 5.69. The van der Waals surface area contributed by atoms with E-state index in [0.717, 1.165) is 44.6 Å². The van der Waals surface area contributed by atoms with Crippen molar-refractivity contribution in [3.63, 3.8) is 0 Å². The predicted octanol–water partition coefficient (Wildman–Crippen LogP) is 4.72. The summed E-state index contributed by atoms with van der Waals surface area (Å²) in [5, 5.41) is 3.82. The Morgan fingerprint density at radius 1 is 1.10 bits per heavy atom. The molecule has 1 fully saturated rings. The molecule has 0 aromatic heterocycles. The van der Waals surface area contributed by atoms with Gasteiger partial charge in [0.1, 0.15) is 5.75 Å². The molecule has 2 aromatic rings. The fraction of sp³-hybridized carbons (Fsp3) is 0.500. The summed E-state index contributed by atoms with van der Waals surface area (Å²) in [7, 11) is 1.73. The molecule has 168 valence electrons. The summed E-state index contributed by atoms with van der Waals surface area (Å²) < 4.78 is 10.6. The quantitative estimate of drug-likeness (QED) is 0.418. The highest BCUT2D eigenvalue weighted by atomic mass is 16.5. The lowest BCUT2D eigenvalue weighted by Gasteiger charge is -2.42. The number of unbranched alkanes of at least 4 members (excludes halogenated alkanes) is 1. The molecule has 31 heavy (non-hydrogen) atoms. The van der Waals surface area contributed by atoms with Crippen LogP contribution in [0.1, 0.15) is 56.2 Å². The normalized spacial score (nSPS) is 19.2. The SMILES string of the molecule is CCOC(=O)CCCCN1CCC[C@@H](NCc2ccccc2OC)[C@H]1c1ccccc1. The highest BCUT2D eigenvalue weighted by Crippen LogP contribution is 2.32. The molecule has 0 amide bonds. The van der Waals surface area contributed by atoms with Gasteiger partial charge in [-0.2, -0.15) is 0 Å². The maximum absolute atomic E-state index is 11.6. The second kappa shape index (κ2) is 12.5. The maximum Gasteiger partial charge on any atom is 0.305 e. The van der Waals surface area contributed by atoms with Gasteiger partial charge in [-0.1, -0.05) is 48.5 Å². The Kier molecular flexibility index (Phi) is 9.38. The molecule has 5 heteroatoms. The van der Waals surface area contributed by atoms with Gasteiger partial charge >= 0.3 is 5.97 Å². The fourth-order valence-corrected chi connectivity index (χ4v) is 4.53. The average Bonchev–Trinajstić information content (AvgIpc) is 2.81. The topological polar surface area (TPSA) is 50.8 Å². The van der Waals surface area contributed by atoms with E-state index >= 15 is 0 Å². The van der Waals surface area contributed by atoms with Crippen molar-refractivity contribution in [3.05, 3.63) is 65.7 Å². The van der Waals surface area contributed by atoms with Crippen LogP contribution in [0, 0.1) is 0 Å². The number of nitrogens with zero attached hydrogens (tertiary/aromatic N) is 1. The van der Waals surface area contributed by atoms with E-state index in [1.165, 1.54) is 17.5 Å². The number of carbonyl (C=O) groups excluding carboxylic acids is 1. The van der Waals surface area contributed by atoms with Crippen LogP contribution in [0.4, 0.5) is 0 Å². The number of ether oxygens (including phenoxy) is 2. The van der Waals surface area contributed by atoms with Crippen molar-refractivity contribution >= 4 is 5.97 Å². The zero-order valence-corrected chi connectivity index (χ0v) is 18.9. The van der Waals surface area contributed by atoms with Gasteiger partial charge in [0.15, 0.2) is 0 Å². The van der Waals surface area contributed by atoms with Crippen LogP contribution in [0.15, 0.2) is 54.6 Å². The summed E-state index contributed by atoms with van der Waals surface area (Å²) in [6.45, 7) is 5.18. The van der Waals surface area contributed by atoms with Gasteiger partial charge < -0.3 is 14.8 Å². The average molecular weight is 425 g/mol. The lowest BCUT2D eigenvalue weighted by Crippen LogP contribution is -2.48. The minimum Gasteiger partial charge on any atom is -0.496 e. The molecule has 0 unspecified atom stereocenters. The molecule has 2 atom stereocenters. The Bertz CT molecular complexity index is 796. The number of benzene rings is 2. The van der Waals surface area contributed by atoms with Gasteiger partial charge in [-0.05, 0) is 57.3 Å². The zero-order chi connectivity index (χ0) is 21.9. The monoisotopic (exact) mass is 424 g/mol. The number of methoxy groups -OCH3 is 1. The summed E-state index contributed by atoms with van der Waals surface area (Å²) in [6.07, 6.45) is 4.70. The Balaban J connectivity index is 1.65. The van der Waals surface area contributed by atoms with Crippen LogP contribution in [0.5, 0.6) is 5.75 Å². The summed E-state index contributed by atoms with van der Waals surface area (Å²) in [5.74, 6) is 0.843. The first-order valence-corrected chi connectivity index (χ1v) is 11.5. The maximum atomic E-state index is 11.6. The molecule has 1 N–H and O–H groups in total. The van der Waals surface area contributed by atoms with Crippen molar-refractivity contribution in [2.45, 2.75) is 57.7 Å². The number of carbonyl (C=O) groups is 1. The molecule has 0 saturated carbocycles. The summed E-state index contributed by atoms with van der Waals surface area (Å²) in [4.78, 5) is 14.2. The van der Waals surface area contributed by atoms with Crippen molar-refractivity contribution in [1.82, 2.24) is 10.2 Å². The van der Waals surface area contributed by atoms with Crippen molar-refractivity contribution in [2.75, 3.05) is 26.8 Å². The number of likely N-dealkylation sites (tertiary alicyclic amines) is 1. The molecule has 0 spiro atoms. The first-order chi connectivity index (χ1) is 15.2. The molecule has 5 nitrogen and oxygen atoms in total. The standard InChI is InChI=1S/C26H36N2O3/c1-3-31-25(29)17-9-10-18-28-19-11-15-23(26(28)21-12-5-4-6-13-21)27-20-22-14-7-8-16-24(22)30-2/h4-8,12-14,16,23,26-27H,3,9-11,15,17-20H2,1-2H3/t23-,26-/m1/s1. The summed E-state index contributed by atoms with van der Waals surface area (Å²) in [5.41, 5.74) is 2.54.